The van der Waals surface area contributed by atoms with Crippen LogP contribution in [0.25, 0.3) is 11.0 Å². The van der Waals surface area contributed by atoms with Gasteiger partial charge in [0.15, 0.2) is 0 Å². The summed E-state index contributed by atoms with van der Waals surface area (Å²) in [5, 5.41) is 19.0. The second kappa shape index (κ2) is 13.8. The Kier molecular flexibility index (Phi) is 9.73. The molecule has 1 aromatic heterocycles. The van der Waals surface area contributed by atoms with Crippen molar-refractivity contribution in [1.82, 2.24) is 24.8 Å². The minimum Gasteiger partial charge on any atom is -0.494 e. The third-order valence-electron chi connectivity index (χ3n) is 9.74. The molecule has 2 aromatic carbocycles. The van der Waals surface area contributed by atoms with E-state index in [2.05, 4.69) is 39.4 Å². The molecule has 7 atom stereocenters. The van der Waals surface area contributed by atoms with Crippen LogP contribution in [-0.2, 0) is 25.8 Å². The molecule has 13 heteroatoms. The molecule has 3 fully saturated rings. The Morgan fingerprint density at radius 1 is 1.15 bits per heavy atom. The molecular weight excluding hydrogens is 680 g/mol. The molecule has 3 aromatic rings. The predicted molar refractivity (Wildman–Crippen MR) is 183 cm³/mol. The number of halogens is 1. The smallest absolute Gasteiger partial charge is 0.250 e. The summed E-state index contributed by atoms with van der Waals surface area (Å²) in [4.78, 5) is 48.5. The van der Waals surface area contributed by atoms with Gasteiger partial charge in [0.1, 0.15) is 29.6 Å². The summed E-state index contributed by atoms with van der Waals surface area (Å²) in [6.45, 7) is 12.1. The van der Waals surface area contributed by atoms with E-state index in [1.807, 2.05) is 38.1 Å². The van der Waals surface area contributed by atoms with Gasteiger partial charge < -0.3 is 29.3 Å². The first-order valence-corrected chi connectivity index (χ1v) is 17.2. The van der Waals surface area contributed by atoms with E-state index in [0.29, 0.717) is 36.4 Å². The van der Waals surface area contributed by atoms with E-state index in [0.717, 1.165) is 5.52 Å². The number of ether oxygens (including phenoxy) is 2. The van der Waals surface area contributed by atoms with Crippen LogP contribution in [-0.4, -0.2) is 103 Å². The highest BCUT2D eigenvalue weighted by Crippen LogP contribution is 2.61. The van der Waals surface area contributed by atoms with E-state index in [1.165, 1.54) is 4.90 Å². The molecule has 3 aliphatic heterocycles. The lowest BCUT2D eigenvalue weighted by atomic mass is 9.70. The molecule has 4 heterocycles. The lowest BCUT2D eigenvalue weighted by Gasteiger charge is -2.39. The summed E-state index contributed by atoms with van der Waals surface area (Å²) < 4.78 is 14.0. The zero-order valence-electron chi connectivity index (χ0n) is 27.2. The number of nitrogens with zero attached hydrogens (tertiary/aromatic N) is 6. The molecule has 0 radical (unpaired) electrons. The molecule has 6 rings (SSSR count). The number of rotatable bonds is 14. The van der Waals surface area contributed by atoms with Crippen molar-refractivity contribution >= 4 is 50.4 Å². The molecule has 0 saturated carbocycles. The van der Waals surface area contributed by atoms with Crippen LogP contribution in [0.2, 0.25) is 0 Å². The average molecular weight is 722 g/mol. The monoisotopic (exact) mass is 720 g/mol. The second-order valence-electron chi connectivity index (χ2n) is 12.4. The van der Waals surface area contributed by atoms with E-state index < -0.39 is 35.6 Å². The summed E-state index contributed by atoms with van der Waals surface area (Å²) in [6, 6.07) is 12.9. The first kappa shape index (κ1) is 33.8. The summed E-state index contributed by atoms with van der Waals surface area (Å²) >= 11 is 3.76. The number of aliphatic hydroxyl groups excluding tert-OH is 1. The van der Waals surface area contributed by atoms with Crippen molar-refractivity contribution in [3.8, 4) is 5.75 Å². The number of fused-ring (bicyclic) bond motifs is 2. The Morgan fingerprint density at radius 2 is 1.88 bits per heavy atom. The fraction of sp³-hybridized carbons (Fsp3) is 0.457. The number of amides is 3. The molecule has 12 nitrogen and oxygen atoms in total. The third kappa shape index (κ3) is 5.51. The van der Waals surface area contributed by atoms with Gasteiger partial charge in [-0.25, -0.2) is 4.68 Å². The number of aromatic nitrogens is 3. The van der Waals surface area contributed by atoms with Crippen LogP contribution in [0.4, 0.5) is 5.69 Å². The standard InChI is InChI=1S/C35H41BrN6O6/c1-5-17-39(21-41-27-12-10-9-11-26(27)37-38-41)34(46)31-35-19-25(36)30(48-35)28(29(35)33(45)42(31)22(7-3)20-43)32(44)40(18-6-2)23-13-15-24(16-14-23)47-8-4/h5-6,9-16,22,25,28-31,43H,1-2,7-8,17-21H2,3-4H3/t22-,25?,28-,29-,30-,31?,35?/m0/s1. The van der Waals surface area contributed by atoms with Crippen LogP contribution in [0.15, 0.2) is 73.8 Å². The topological polar surface area (TPSA) is 130 Å². The summed E-state index contributed by atoms with van der Waals surface area (Å²) in [6.07, 6.45) is 3.34. The van der Waals surface area contributed by atoms with Crippen molar-refractivity contribution in [2.45, 2.75) is 62.0 Å². The number of hydrogen-bond donors (Lipinski definition) is 1. The molecular formula is C35H41BrN6O6. The summed E-state index contributed by atoms with van der Waals surface area (Å²) in [5.41, 5.74) is 0.750. The largest absolute Gasteiger partial charge is 0.494 e. The van der Waals surface area contributed by atoms with Gasteiger partial charge in [0, 0.05) is 23.6 Å². The molecule has 3 saturated heterocycles. The van der Waals surface area contributed by atoms with Crippen molar-refractivity contribution in [2.75, 3.05) is 31.2 Å². The lowest BCUT2D eigenvalue weighted by molar-refractivity contribution is -0.152. The van der Waals surface area contributed by atoms with Crippen LogP contribution < -0.4 is 9.64 Å². The van der Waals surface area contributed by atoms with Gasteiger partial charge in [-0.1, -0.05) is 52.4 Å². The van der Waals surface area contributed by atoms with E-state index in [9.17, 15) is 19.5 Å². The highest BCUT2D eigenvalue weighted by Gasteiger charge is 2.77. The molecule has 48 heavy (non-hydrogen) atoms. The maximum Gasteiger partial charge on any atom is 0.250 e. The highest BCUT2D eigenvalue weighted by atomic mass is 79.9. The molecule has 2 bridgehead atoms. The molecule has 3 aliphatic rings. The summed E-state index contributed by atoms with van der Waals surface area (Å²) in [5.74, 6) is -2.19. The van der Waals surface area contributed by atoms with E-state index in [1.54, 1.807) is 50.9 Å². The minimum absolute atomic E-state index is 0.0505. The molecule has 1 N–H and O–H groups in total. The Bertz CT molecular complexity index is 1690. The highest BCUT2D eigenvalue weighted by molar-refractivity contribution is 9.09. The molecule has 3 amide bonds. The number of para-hydroxylation sites is 1. The van der Waals surface area contributed by atoms with Crippen molar-refractivity contribution in [3.63, 3.8) is 0 Å². The van der Waals surface area contributed by atoms with Crippen molar-refractivity contribution < 1.29 is 29.0 Å². The van der Waals surface area contributed by atoms with Gasteiger partial charge >= 0.3 is 0 Å². The van der Waals surface area contributed by atoms with Crippen molar-refractivity contribution in [2.24, 2.45) is 11.8 Å². The van der Waals surface area contributed by atoms with E-state index in [4.69, 9.17) is 9.47 Å². The van der Waals surface area contributed by atoms with Gasteiger partial charge in [0.05, 0.1) is 42.7 Å². The zero-order valence-corrected chi connectivity index (χ0v) is 28.7. The number of hydrogen-bond acceptors (Lipinski definition) is 8. The number of carbonyl (C=O) groups excluding carboxylic acids is 3. The zero-order chi connectivity index (χ0) is 34.2. The quantitative estimate of drug-likeness (QED) is 0.198. The van der Waals surface area contributed by atoms with Crippen LogP contribution >= 0.6 is 15.9 Å². The number of likely N-dealkylation sites (tertiary alicyclic amines) is 1. The van der Waals surface area contributed by atoms with Gasteiger partial charge in [0.25, 0.3) is 0 Å². The van der Waals surface area contributed by atoms with Gasteiger partial charge in [-0.05, 0) is 56.2 Å². The van der Waals surface area contributed by atoms with Gasteiger partial charge in [-0.3, -0.25) is 14.4 Å². The van der Waals surface area contributed by atoms with E-state index in [-0.39, 0.29) is 48.9 Å². The van der Waals surface area contributed by atoms with Gasteiger partial charge in [-0.2, -0.15) is 0 Å². The number of aliphatic hydroxyl groups is 1. The maximum atomic E-state index is 14.9. The molecule has 254 valence electrons. The number of carbonyl (C=O) groups is 3. The first-order chi connectivity index (χ1) is 23.2. The lowest BCUT2D eigenvalue weighted by Crippen LogP contribution is -2.59. The first-order valence-electron chi connectivity index (χ1n) is 16.3. The van der Waals surface area contributed by atoms with Crippen LogP contribution in [0.1, 0.15) is 26.7 Å². The second-order valence-corrected chi connectivity index (χ2v) is 13.6. The third-order valence-corrected chi connectivity index (χ3v) is 10.6. The maximum absolute atomic E-state index is 14.9. The fourth-order valence-electron chi connectivity index (χ4n) is 7.69. The van der Waals surface area contributed by atoms with E-state index >= 15 is 0 Å². The number of alkyl halides is 1. The van der Waals surface area contributed by atoms with Gasteiger partial charge in [-0.15, -0.1) is 18.3 Å². The van der Waals surface area contributed by atoms with Crippen LogP contribution in [0.5, 0.6) is 5.75 Å². The average Bonchev–Trinajstić information content (AvgIpc) is 3.81. The molecule has 1 spiro atoms. The minimum atomic E-state index is -1.31. The number of anilines is 1. The van der Waals surface area contributed by atoms with Crippen molar-refractivity contribution in [1.29, 1.82) is 0 Å². The Hall–Kier alpha value is -4.07. The SMILES string of the molecule is C=CCN(Cn1nnc2ccccc21)C(=O)C1N([C@@H](CC)CO)C(=O)[C@@H]2[C@H](C(=O)N(CC=C)c3ccc(OCC)cc3)[C@H]3OC12CC3Br. The van der Waals surface area contributed by atoms with Crippen LogP contribution in [0.3, 0.4) is 0 Å². The van der Waals surface area contributed by atoms with Gasteiger partial charge in [0.2, 0.25) is 17.7 Å². The Morgan fingerprint density at radius 3 is 2.54 bits per heavy atom. The summed E-state index contributed by atoms with van der Waals surface area (Å²) in [7, 11) is 0. The molecule has 0 aliphatic carbocycles. The van der Waals surface area contributed by atoms with Crippen molar-refractivity contribution in [3.05, 3.63) is 73.8 Å². The fourth-order valence-corrected chi connectivity index (χ4v) is 8.63. The Balaban J connectivity index is 1.39. The van der Waals surface area contributed by atoms with Crippen LogP contribution in [0, 0.1) is 11.8 Å². The number of benzene rings is 2. The Labute approximate surface area is 288 Å². The molecule has 3 unspecified atom stereocenters. The normalized spacial score (nSPS) is 26.4. The predicted octanol–water partition coefficient (Wildman–Crippen LogP) is 3.54.